The molecule has 1 aromatic heterocycles. The summed E-state index contributed by atoms with van der Waals surface area (Å²) in [6.45, 7) is 8.88. The van der Waals surface area contributed by atoms with Gasteiger partial charge in [-0.15, -0.1) is 0 Å². The van der Waals surface area contributed by atoms with Crippen molar-refractivity contribution in [2.45, 2.75) is 46.4 Å². The number of hydrogen-bond acceptors (Lipinski definition) is 3. The number of benzene rings is 3. The van der Waals surface area contributed by atoms with E-state index in [1.807, 2.05) is 6.07 Å². The molecule has 4 rings (SSSR count). The Bertz CT molecular complexity index is 1060. The number of rotatable bonds is 9. The fraction of sp³-hybridized carbons (Fsp3) is 0.250. The van der Waals surface area contributed by atoms with Gasteiger partial charge < -0.3 is 10.2 Å². The number of hydrogen-bond donors (Lipinski definition) is 1. The van der Waals surface area contributed by atoms with Crippen molar-refractivity contribution in [1.82, 2.24) is 15.1 Å². The molecule has 0 unspecified atom stereocenters. The molecule has 0 saturated carbocycles. The molecule has 32 heavy (non-hydrogen) atoms. The van der Waals surface area contributed by atoms with E-state index in [0.29, 0.717) is 6.04 Å². The second kappa shape index (κ2) is 10.3. The molecule has 4 aromatic rings. The molecule has 0 aliphatic carbocycles. The van der Waals surface area contributed by atoms with Gasteiger partial charge in [-0.05, 0) is 30.2 Å². The predicted octanol–water partition coefficient (Wildman–Crippen LogP) is 5.89. The number of anilines is 1. The van der Waals surface area contributed by atoms with E-state index in [1.54, 1.807) is 0 Å². The highest BCUT2D eigenvalue weighted by Gasteiger charge is 2.22. The van der Waals surface area contributed by atoms with Gasteiger partial charge >= 0.3 is 0 Å². The molecule has 164 valence electrons. The molecule has 0 radical (unpaired) electrons. The fourth-order valence-electron chi connectivity index (χ4n) is 3.95. The summed E-state index contributed by atoms with van der Waals surface area (Å²) in [7, 11) is 0. The Labute approximate surface area is 191 Å². The van der Waals surface area contributed by atoms with Crippen LogP contribution in [0, 0.1) is 6.92 Å². The van der Waals surface area contributed by atoms with Crippen LogP contribution in [-0.2, 0) is 19.6 Å². The summed E-state index contributed by atoms with van der Waals surface area (Å²) in [6.07, 6.45) is 0. The van der Waals surface area contributed by atoms with Gasteiger partial charge in [0.15, 0.2) is 0 Å². The lowest BCUT2D eigenvalue weighted by atomic mass is 10.1. The molecule has 0 fully saturated rings. The summed E-state index contributed by atoms with van der Waals surface area (Å²) in [5, 5.41) is 8.61. The number of nitrogens with zero attached hydrogens (tertiary/aromatic N) is 3. The normalized spacial score (nSPS) is 11.1. The van der Waals surface area contributed by atoms with Crippen LogP contribution in [0.25, 0.3) is 5.69 Å². The average Bonchev–Trinajstić information content (AvgIpc) is 3.15. The van der Waals surface area contributed by atoms with Crippen molar-refractivity contribution in [3.05, 3.63) is 113 Å². The molecule has 4 nitrogen and oxygen atoms in total. The molecule has 0 aliphatic heterocycles. The first-order valence-corrected chi connectivity index (χ1v) is 11.3. The largest absolute Gasteiger partial charge is 0.348 e. The lowest BCUT2D eigenvalue weighted by Gasteiger charge is -2.27. The van der Waals surface area contributed by atoms with E-state index in [9.17, 15) is 0 Å². The molecule has 1 N–H and O–H groups in total. The molecular weight excluding hydrogens is 392 g/mol. The van der Waals surface area contributed by atoms with Gasteiger partial charge in [0.25, 0.3) is 0 Å². The van der Waals surface area contributed by atoms with Crippen LogP contribution in [0.3, 0.4) is 0 Å². The third kappa shape index (κ3) is 5.27. The van der Waals surface area contributed by atoms with Crippen molar-refractivity contribution < 1.29 is 0 Å². The quantitative estimate of drug-likeness (QED) is 0.364. The third-order valence-electron chi connectivity index (χ3n) is 5.58. The zero-order valence-electron chi connectivity index (χ0n) is 19.2. The van der Waals surface area contributed by atoms with Crippen LogP contribution < -0.4 is 10.2 Å². The first kappa shape index (κ1) is 21.8. The minimum Gasteiger partial charge on any atom is -0.348 e. The molecule has 0 spiro atoms. The molecule has 1 heterocycles. The van der Waals surface area contributed by atoms with Crippen LogP contribution in [0.5, 0.6) is 0 Å². The van der Waals surface area contributed by atoms with E-state index >= 15 is 0 Å². The fourth-order valence-corrected chi connectivity index (χ4v) is 3.95. The van der Waals surface area contributed by atoms with Crippen molar-refractivity contribution in [2.24, 2.45) is 0 Å². The molecule has 4 heteroatoms. The molecule has 0 atom stereocenters. The van der Waals surface area contributed by atoms with Gasteiger partial charge in [0.05, 0.1) is 11.4 Å². The lowest BCUT2D eigenvalue weighted by Crippen LogP contribution is -2.28. The average molecular weight is 425 g/mol. The molecular formula is C28H32N4. The van der Waals surface area contributed by atoms with Crippen molar-refractivity contribution in [3.63, 3.8) is 0 Å². The van der Waals surface area contributed by atoms with Crippen LogP contribution in [0.2, 0.25) is 0 Å². The topological polar surface area (TPSA) is 33.1 Å². The Hall–Kier alpha value is -3.37. The third-order valence-corrected chi connectivity index (χ3v) is 5.58. The monoisotopic (exact) mass is 424 g/mol. The first-order chi connectivity index (χ1) is 15.6. The van der Waals surface area contributed by atoms with Crippen LogP contribution in [0.1, 0.15) is 36.2 Å². The zero-order valence-corrected chi connectivity index (χ0v) is 19.2. The minimum atomic E-state index is 0.402. The van der Waals surface area contributed by atoms with E-state index in [1.165, 1.54) is 16.7 Å². The summed E-state index contributed by atoms with van der Waals surface area (Å²) >= 11 is 0. The Morgan fingerprint density at radius 3 is 1.78 bits per heavy atom. The van der Waals surface area contributed by atoms with Gasteiger partial charge in [-0.25, -0.2) is 4.68 Å². The highest BCUT2D eigenvalue weighted by atomic mass is 15.4. The van der Waals surface area contributed by atoms with E-state index in [4.69, 9.17) is 5.10 Å². The van der Waals surface area contributed by atoms with Crippen LogP contribution >= 0.6 is 0 Å². The standard InChI is InChI=1S/C28H32N4/c1-22(2)29-19-27-23(3)30-32(26-17-11-6-12-18-26)28(27)31(20-24-13-7-4-8-14-24)21-25-15-9-5-10-16-25/h4-18,22,29H,19-21H2,1-3H3. The van der Waals surface area contributed by atoms with Gasteiger partial charge in [-0.2, -0.15) is 5.10 Å². The summed E-state index contributed by atoms with van der Waals surface area (Å²) in [5.74, 6) is 1.15. The van der Waals surface area contributed by atoms with Crippen molar-refractivity contribution in [2.75, 3.05) is 4.90 Å². The van der Waals surface area contributed by atoms with E-state index < -0.39 is 0 Å². The SMILES string of the molecule is Cc1nn(-c2ccccc2)c(N(Cc2ccccc2)Cc2ccccc2)c1CNC(C)C. The molecule has 0 saturated heterocycles. The number of aromatic nitrogens is 2. The van der Waals surface area contributed by atoms with Gasteiger partial charge in [0.1, 0.15) is 5.82 Å². The first-order valence-electron chi connectivity index (χ1n) is 11.3. The summed E-state index contributed by atoms with van der Waals surface area (Å²) in [4.78, 5) is 2.45. The van der Waals surface area contributed by atoms with Crippen molar-refractivity contribution in [3.8, 4) is 5.69 Å². The second-order valence-corrected chi connectivity index (χ2v) is 8.50. The molecule has 0 aliphatic rings. The van der Waals surface area contributed by atoms with Gasteiger partial charge in [-0.1, -0.05) is 92.7 Å². The Balaban J connectivity index is 1.83. The molecule has 0 bridgehead atoms. The number of aryl methyl sites for hydroxylation is 1. The second-order valence-electron chi connectivity index (χ2n) is 8.50. The van der Waals surface area contributed by atoms with Crippen LogP contribution in [0.15, 0.2) is 91.0 Å². The Morgan fingerprint density at radius 1 is 0.781 bits per heavy atom. The van der Waals surface area contributed by atoms with Crippen LogP contribution in [-0.4, -0.2) is 15.8 Å². The summed E-state index contributed by atoms with van der Waals surface area (Å²) in [5.41, 5.74) is 5.94. The Morgan fingerprint density at radius 2 is 1.28 bits per heavy atom. The van der Waals surface area contributed by atoms with Gasteiger partial charge in [0.2, 0.25) is 0 Å². The zero-order chi connectivity index (χ0) is 22.3. The van der Waals surface area contributed by atoms with E-state index in [2.05, 4.69) is 121 Å². The lowest BCUT2D eigenvalue weighted by molar-refractivity contribution is 0.585. The Kier molecular flexibility index (Phi) is 7.03. The minimum absolute atomic E-state index is 0.402. The van der Waals surface area contributed by atoms with Crippen molar-refractivity contribution in [1.29, 1.82) is 0 Å². The molecule has 0 amide bonds. The maximum atomic E-state index is 5.00. The van der Waals surface area contributed by atoms with Crippen LogP contribution in [0.4, 0.5) is 5.82 Å². The maximum absolute atomic E-state index is 5.00. The smallest absolute Gasteiger partial charge is 0.137 e. The molecule has 3 aromatic carbocycles. The van der Waals surface area contributed by atoms with E-state index in [0.717, 1.165) is 36.8 Å². The highest BCUT2D eigenvalue weighted by molar-refractivity contribution is 5.56. The highest BCUT2D eigenvalue weighted by Crippen LogP contribution is 2.30. The van der Waals surface area contributed by atoms with Gasteiger partial charge in [0, 0.05) is 31.2 Å². The van der Waals surface area contributed by atoms with Gasteiger partial charge in [-0.3, -0.25) is 0 Å². The summed E-state index contributed by atoms with van der Waals surface area (Å²) < 4.78 is 2.11. The van der Waals surface area contributed by atoms with E-state index in [-0.39, 0.29) is 0 Å². The number of para-hydroxylation sites is 1. The predicted molar refractivity (Wildman–Crippen MR) is 133 cm³/mol. The number of nitrogens with one attached hydrogen (secondary N) is 1. The van der Waals surface area contributed by atoms with Crippen molar-refractivity contribution >= 4 is 5.82 Å². The maximum Gasteiger partial charge on any atom is 0.137 e. The summed E-state index contributed by atoms with van der Waals surface area (Å²) in [6, 6.07) is 32.2.